The zero-order chi connectivity index (χ0) is 22.0. The zero-order valence-electron chi connectivity index (χ0n) is 17.9. The van der Waals surface area contributed by atoms with Crippen LogP contribution in [0.15, 0.2) is 54.6 Å². The molecule has 2 N–H and O–H groups in total. The molecule has 162 valence electrons. The number of nitrogens with zero attached hydrogens (tertiary/aromatic N) is 2. The van der Waals surface area contributed by atoms with Gasteiger partial charge < -0.3 is 10.2 Å². The molecular formula is C24H28N4O3. The molecule has 0 bridgehead atoms. The van der Waals surface area contributed by atoms with E-state index in [4.69, 9.17) is 0 Å². The van der Waals surface area contributed by atoms with Crippen molar-refractivity contribution in [2.75, 3.05) is 11.4 Å². The molecule has 0 spiro atoms. The topological polar surface area (TPSA) is 81.8 Å². The molecule has 31 heavy (non-hydrogen) atoms. The summed E-state index contributed by atoms with van der Waals surface area (Å²) in [5, 5.41) is 3.57. The first kappa shape index (κ1) is 20.9. The number of imide groups is 1. The second-order valence-electron chi connectivity index (χ2n) is 8.57. The summed E-state index contributed by atoms with van der Waals surface area (Å²) in [6.45, 7) is 3.86. The number of hydrazine groups is 1. The van der Waals surface area contributed by atoms with Gasteiger partial charge in [-0.3, -0.25) is 15.0 Å². The molecule has 2 aliphatic heterocycles. The van der Waals surface area contributed by atoms with E-state index < -0.39 is 17.5 Å². The molecule has 4 rings (SSSR count). The minimum Gasteiger partial charge on any atom is -0.359 e. The highest BCUT2D eigenvalue weighted by molar-refractivity contribution is 6.07. The van der Waals surface area contributed by atoms with Gasteiger partial charge in [-0.25, -0.2) is 4.79 Å². The Labute approximate surface area is 182 Å². The van der Waals surface area contributed by atoms with Crippen molar-refractivity contribution in [3.63, 3.8) is 0 Å². The van der Waals surface area contributed by atoms with Gasteiger partial charge in [-0.15, -0.1) is 0 Å². The minimum absolute atomic E-state index is 0.0793. The van der Waals surface area contributed by atoms with Crippen molar-refractivity contribution in [3.05, 3.63) is 65.7 Å². The summed E-state index contributed by atoms with van der Waals surface area (Å²) in [5.74, 6) is -0.826. The van der Waals surface area contributed by atoms with Crippen molar-refractivity contribution < 1.29 is 14.4 Å². The third-order valence-corrected chi connectivity index (χ3v) is 6.23. The van der Waals surface area contributed by atoms with Crippen LogP contribution in [0.1, 0.15) is 37.8 Å². The monoisotopic (exact) mass is 420 g/mol. The molecule has 0 aliphatic carbocycles. The van der Waals surface area contributed by atoms with E-state index in [1.165, 1.54) is 5.56 Å². The van der Waals surface area contributed by atoms with E-state index >= 15 is 0 Å². The second-order valence-corrected chi connectivity index (χ2v) is 8.57. The molecule has 0 saturated carbocycles. The average molecular weight is 421 g/mol. The first-order valence-corrected chi connectivity index (χ1v) is 10.7. The lowest BCUT2D eigenvalue weighted by molar-refractivity contribution is -0.138. The Kier molecular flexibility index (Phi) is 5.67. The molecule has 2 aliphatic rings. The van der Waals surface area contributed by atoms with Crippen LogP contribution in [0, 0.1) is 0 Å². The van der Waals surface area contributed by atoms with Crippen LogP contribution in [-0.2, 0) is 22.4 Å². The van der Waals surface area contributed by atoms with Crippen molar-refractivity contribution in [1.29, 1.82) is 0 Å². The Morgan fingerprint density at radius 3 is 2.61 bits per heavy atom. The average Bonchev–Trinajstić information content (AvgIpc) is 2.98. The highest BCUT2D eigenvalue weighted by Gasteiger charge is 2.48. The molecule has 2 heterocycles. The highest BCUT2D eigenvalue weighted by Crippen LogP contribution is 2.30. The molecule has 1 fully saturated rings. The molecule has 2 atom stereocenters. The lowest BCUT2D eigenvalue weighted by Gasteiger charge is -2.36. The zero-order valence-corrected chi connectivity index (χ0v) is 17.9. The van der Waals surface area contributed by atoms with Crippen molar-refractivity contribution in [1.82, 2.24) is 15.8 Å². The summed E-state index contributed by atoms with van der Waals surface area (Å²) >= 11 is 0. The summed E-state index contributed by atoms with van der Waals surface area (Å²) in [6.07, 6.45) is 3.02. The third kappa shape index (κ3) is 4.26. The molecule has 2 aromatic carbocycles. The highest BCUT2D eigenvalue weighted by atomic mass is 16.2. The molecule has 4 amide bonds. The summed E-state index contributed by atoms with van der Waals surface area (Å²) in [7, 11) is 0. The van der Waals surface area contributed by atoms with Crippen LogP contribution in [0.2, 0.25) is 0 Å². The van der Waals surface area contributed by atoms with Crippen LogP contribution < -0.4 is 15.6 Å². The Bertz CT molecular complexity index is 993. The Hall–Kier alpha value is -3.35. The number of fused-ring (bicyclic) bond motifs is 1. The number of urea groups is 1. The normalized spacial score (nSPS) is 22.8. The maximum absolute atomic E-state index is 13.0. The van der Waals surface area contributed by atoms with Gasteiger partial charge in [-0.2, -0.15) is 5.01 Å². The first-order chi connectivity index (χ1) is 14.9. The molecule has 7 heteroatoms. The number of rotatable bonds is 6. The fourth-order valence-corrected chi connectivity index (χ4v) is 4.31. The minimum atomic E-state index is -1.05. The van der Waals surface area contributed by atoms with Crippen LogP contribution in [0.5, 0.6) is 0 Å². The smallest absolute Gasteiger partial charge is 0.344 e. The lowest BCUT2D eigenvalue weighted by atomic mass is 9.93. The number of hydrogen-bond acceptors (Lipinski definition) is 4. The van der Waals surface area contributed by atoms with Crippen LogP contribution in [0.25, 0.3) is 0 Å². The van der Waals surface area contributed by atoms with Crippen molar-refractivity contribution in [2.45, 2.75) is 51.1 Å². The van der Waals surface area contributed by atoms with E-state index in [2.05, 4.69) is 23.7 Å². The van der Waals surface area contributed by atoms with Crippen LogP contribution in [0.3, 0.4) is 0 Å². The predicted molar refractivity (Wildman–Crippen MR) is 118 cm³/mol. The summed E-state index contributed by atoms with van der Waals surface area (Å²) in [5.41, 5.74) is 4.79. The molecule has 1 saturated heterocycles. The summed E-state index contributed by atoms with van der Waals surface area (Å²) < 4.78 is 0. The fourth-order valence-electron chi connectivity index (χ4n) is 4.31. The van der Waals surface area contributed by atoms with E-state index in [9.17, 15) is 14.4 Å². The fraction of sp³-hybridized carbons (Fsp3) is 0.375. The van der Waals surface area contributed by atoms with E-state index in [1.54, 1.807) is 6.92 Å². The quantitative estimate of drug-likeness (QED) is 0.704. The number of carbonyl (C=O) groups excluding carboxylic acids is 3. The van der Waals surface area contributed by atoms with Gasteiger partial charge in [0.25, 0.3) is 11.8 Å². The number of benzene rings is 2. The van der Waals surface area contributed by atoms with Gasteiger partial charge in [-0.1, -0.05) is 48.5 Å². The van der Waals surface area contributed by atoms with E-state index in [0.29, 0.717) is 12.8 Å². The number of nitrogens with one attached hydrogen (secondary N) is 2. The van der Waals surface area contributed by atoms with Gasteiger partial charge in [0.1, 0.15) is 5.54 Å². The molecule has 0 aromatic heterocycles. The molecule has 2 aromatic rings. The van der Waals surface area contributed by atoms with Crippen LogP contribution in [0.4, 0.5) is 10.5 Å². The number of amides is 4. The molecular weight excluding hydrogens is 392 g/mol. The number of para-hydroxylation sites is 1. The Morgan fingerprint density at radius 1 is 1.13 bits per heavy atom. The first-order valence-electron chi connectivity index (χ1n) is 10.7. The van der Waals surface area contributed by atoms with Crippen LogP contribution >= 0.6 is 0 Å². The van der Waals surface area contributed by atoms with Crippen molar-refractivity contribution in [3.8, 4) is 0 Å². The van der Waals surface area contributed by atoms with Crippen LogP contribution in [-0.4, -0.2) is 41.0 Å². The number of carbonyl (C=O) groups is 3. The SMILES string of the molecule is C[C@H]1CCc2ccccc2N1CC(=O)NN1C(=O)N[C@](C)(CCc2ccccc2)C1=O. The summed E-state index contributed by atoms with van der Waals surface area (Å²) in [6, 6.07) is 17.4. The van der Waals surface area contributed by atoms with Crippen molar-refractivity contribution >= 4 is 23.5 Å². The largest absolute Gasteiger partial charge is 0.359 e. The number of anilines is 1. The summed E-state index contributed by atoms with van der Waals surface area (Å²) in [4.78, 5) is 40.2. The second kappa shape index (κ2) is 8.41. The van der Waals surface area contributed by atoms with Gasteiger partial charge in [-0.05, 0) is 56.7 Å². The Morgan fingerprint density at radius 2 is 1.84 bits per heavy atom. The number of aryl methyl sites for hydroxylation is 2. The lowest BCUT2D eigenvalue weighted by Crippen LogP contribution is -2.52. The predicted octanol–water partition coefficient (Wildman–Crippen LogP) is 2.80. The standard InChI is InChI=1S/C24H28N4O3/c1-17-12-13-19-10-6-7-11-20(19)27(17)16-21(29)26-28-22(30)24(2,25-23(28)31)15-14-18-8-4-3-5-9-18/h3-11,17H,12-16H2,1-2H3,(H,25,31)(H,26,29)/t17-,24+/m0/s1. The van der Waals surface area contributed by atoms with Crippen molar-refractivity contribution in [2.24, 2.45) is 0 Å². The van der Waals surface area contributed by atoms with E-state index in [0.717, 1.165) is 29.1 Å². The third-order valence-electron chi connectivity index (χ3n) is 6.23. The molecule has 0 radical (unpaired) electrons. The van der Waals surface area contributed by atoms with Gasteiger partial charge in [0.2, 0.25) is 0 Å². The van der Waals surface area contributed by atoms with Gasteiger partial charge >= 0.3 is 6.03 Å². The number of hydrogen-bond donors (Lipinski definition) is 2. The van der Waals surface area contributed by atoms with E-state index in [1.807, 2.05) is 53.4 Å². The van der Waals surface area contributed by atoms with E-state index in [-0.39, 0.29) is 18.5 Å². The van der Waals surface area contributed by atoms with Gasteiger partial charge in [0, 0.05) is 11.7 Å². The maximum atomic E-state index is 13.0. The Balaban J connectivity index is 1.40. The maximum Gasteiger partial charge on any atom is 0.344 e. The van der Waals surface area contributed by atoms with Gasteiger partial charge in [0.15, 0.2) is 0 Å². The molecule has 7 nitrogen and oxygen atoms in total. The molecule has 0 unspecified atom stereocenters. The van der Waals surface area contributed by atoms with Gasteiger partial charge in [0.05, 0.1) is 6.54 Å².